The summed E-state index contributed by atoms with van der Waals surface area (Å²) in [6.07, 6.45) is 1.54. The summed E-state index contributed by atoms with van der Waals surface area (Å²) in [6.45, 7) is 11.6. The fraction of sp³-hybridized carbons (Fsp3) is 0.500. The predicted molar refractivity (Wildman–Crippen MR) is 125 cm³/mol. The van der Waals surface area contributed by atoms with Gasteiger partial charge < -0.3 is 19.9 Å². The van der Waals surface area contributed by atoms with E-state index in [0.29, 0.717) is 31.1 Å². The molecule has 2 heterocycles. The van der Waals surface area contributed by atoms with Gasteiger partial charge in [0.25, 0.3) is 0 Å². The van der Waals surface area contributed by atoms with Crippen molar-refractivity contribution < 1.29 is 9.53 Å². The molecule has 0 aliphatic carbocycles. The van der Waals surface area contributed by atoms with E-state index in [1.165, 1.54) is 0 Å². The van der Waals surface area contributed by atoms with Crippen molar-refractivity contribution in [1.29, 1.82) is 5.26 Å². The largest absolute Gasteiger partial charge is 0.444 e. The second-order valence-corrected chi connectivity index (χ2v) is 9.08. The number of nitrogens with zero attached hydrogens (tertiary/aromatic N) is 5. The molecule has 1 fully saturated rings. The van der Waals surface area contributed by atoms with Gasteiger partial charge in [-0.2, -0.15) is 10.2 Å². The van der Waals surface area contributed by atoms with Crippen LogP contribution in [0.4, 0.5) is 22.2 Å². The fourth-order valence-corrected chi connectivity index (χ4v) is 3.66. The van der Waals surface area contributed by atoms with E-state index in [1.807, 2.05) is 39.0 Å². The van der Waals surface area contributed by atoms with Gasteiger partial charge in [0.2, 0.25) is 5.95 Å². The van der Waals surface area contributed by atoms with Gasteiger partial charge in [-0.3, -0.25) is 0 Å². The average molecular weight is 437 g/mol. The monoisotopic (exact) mass is 436 g/mol. The van der Waals surface area contributed by atoms with E-state index < -0.39 is 5.60 Å². The highest BCUT2D eigenvalue weighted by atomic mass is 16.6. The van der Waals surface area contributed by atoms with Crippen LogP contribution < -0.4 is 10.2 Å². The molecule has 1 aromatic heterocycles. The predicted octanol–water partition coefficient (Wildman–Crippen LogP) is 4.49. The molecule has 8 heteroatoms. The third kappa shape index (κ3) is 6.10. The number of ether oxygens (including phenoxy) is 1. The lowest BCUT2D eigenvalue weighted by Gasteiger charge is -2.40. The number of nitriles is 1. The molecule has 1 aliphatic rings. The highest BCUT2D eigenvalue weighted by Crippen LogP contribution is 2.24. The molecule has 1 aliphatic heterocycles. The number of carbonyl (C=O) groups excluding carboxylic acids is 1. The van der Waals surface area contributed by atoms with Crippen LogP contribution in [0.15, 0.2) is 30.3 Å². The van der Waals surface area contributed by atoms with Gasteiger partial charge in [-0.25, -0.2) is 9.78 Å². The molecular formula is C24H32N6O2. The third-order valence-corrected chi connectivity index (χ3v) is 5.09. The van der Waals surface area contributed by atoms with Crippen molar-refractivity contribution in [2.45, 2.75) is 59.1 Å². The number of anilines is 3. The van der Waals surface area contributed by atoms with Gasteiger partial charge in [0.1, 0.15) is 11.4 Å². The molecule has 0 spiro atoms. The van der Waals surface area contributed by atoms with Crippen LogP contribution >= 0.6 is 0 Å². The standard InChI is InChI=1S/C24H32N6O2/c1-6-8-19-14-21(28-22(26-19)27-20-10-7-9-18(13-20)15-25)30-12-11-29(16-17(30)2)23(31)32-24(3,4)5/h7,9-10,13-14,17H,6,8,11-12,16H2,1-5H3,(H,26,27,28). The number of carbonyl (C=O) groups is 1. The van der Waals surface area contributed by atoms with Crippen molar-refractivity contribution in [1.82, 2.24) is 14.9 Å². The lowest BCUT2D eigenvalue weighted by molar-refractivity contribution is 0.0218. The molecule has 1 amide bonds. The van der Waals surface area contributed by atoms with Crippen LogP contribution in [0.25, 0.3) is 0 Å². The van der Waals surface area contributed by atoms with Crippen LogP contribution in [0.2, 0.25) is 0 Å². The SMILES string of the molecule is CCCc1cc(N2CCN(C(=O)OC(C)(C)C)CC2C)nc(Nc2cccc(C#N)c2)n1. The normalized spacial score (nSPS) is 16.4. The first kappa shape index (κ1) is 23.3. The maximum absolute atomic E-state index is 12.5. The van der Waals surface area contributed by atoms with Gasteiger partial charge in [0.05, 0.1) is 11.6 Å². The van der Waals surface area contributed by atoms with Crippen molar-refractivity contribution in [2.24, 2.45) is 0 Å². The maximum atomic E-state index is 12.5. The molecule has 8 nitrogen and oxygen atoms in total. The highest BCUT2D eigenvalue weighted by molar-refractivity contribution is 5.69. The minimum absolute atomic E-state index is 0.0791. The third-order valence-electron chi connectivity index (χ3n) is 5.09. The van der Waals surface area contributed by atoms with Crippen LogP contribution in [-0.2, 0) is 11.2 Å². The van der Waals surface area contributed by atoms with E-state index >= 15 is 0 Å². The van der Waals surface area contributed by atoms with E-state index in [-0.39, 0.29) is 12.1 Å². The maximum Gasteiger partial charge on any atom is 0.410 e. The number of hydrogen-bond donors (Lipinski definition) is 1. The number of piperazine rings is 1. The van der Waals surface area contributed by atoms with Gasteiger partial charge in [0.15, 0.2) is 0 Å². The number of rotatable bonds is 5. The molecule has 1 aromatic carbocycles. The smallest absolute Gasteiger partial charge is 0.410 e. The van der Waals surface area contributed by atoms with Gasteiger partial charge in [-0.15, -0.1) is 0 Å². The lowest BCUT2D eigenvalue weighted by atomic mass is 10.1. The van der Waals surface area contributed by atoms with Crippen LogP contribution in [0.1, 0.15) is 52.3 Å². The van der Waals surface area contributed by atoms with Crippen LogP contribution in [-0.4, -0.2) is 52.2 Å². The Morgan fingerprint density at radius 3 is 2.72 bits per heavy atom. The Kier molecular flexibility index (Phi) is 7.18. The van der Waals surface area contributed by atoms with Crippen LogP contribution in [0.5, 0.6) is 0 Å². The molecule has 1 N–H and O–H groups in total. The Bertz CT molecular complexity index is 995. The molecule has 0 saturated carbocycles. The summed E-state index contributed by atoms with van der Waals surface area (Å²) >= 11 is 0. The van der Waals surface area contributed by atoms with Crippen LogP contribution in [0, 0.1) is 11.3 Å². The molecule has 1 unspecified atom stereocenters. The second-order valence-electron chi connectivity index (χ2n) is 9.08. The Hall–Kier alpha value is -3.34. The number of nitrogens with one attached hydrogen (secondary N) is 1. The summed E-state index contributed by atoms with van der Waals surface area (Å²) in [7, 11) is 0. The minimum atomic E-state index is -0.511. The summed E-state index contributed by atoms with van der Waals surface area (Å²) in [5, 5.41) is 12.4. The molecule has 3 rings (SSSR count). The number of amides is 1. The molecule has 1 saturated heterocycles. The summed E-state index contributed by atoms with van der Waals surface area (Å²) < 4.78 is 5.53. The lowest BCUT2D eigenvalue weighted by Crippen LogP contribution is -2.54. The quantitative estimate of drug-likeness (QED) is 0.738. The van der Waals surface area contributed by atoms with E-state index in [0.717, 1.165) is 30.0 Å². The second kappa shape index (κ2) is 9.86. The number of benzene rings is 1. The van der Waals surface area contributed by atoms with Gasteiger partial charge >= 0.3 is 6.09 Å². The number of aryl methyl sites for hydroxylation is 1. The summed E-state index contributed by atoms with van der Waals surface area (Å²) in [6, 6.07) is 11.5. The zero-order valence-electron chi connectivity index (χ0n) is 19.6. The summed E-state index contributed by atoms with van der Waals surface area (Å²) in [5.41, 5.74) is 1.79. The van der Waals surface area contributed by atoms with E-state index in [1.54, 1.807) is 17.0 Å². The molecule has 1 atom stereocenters. The van der Waals surface area contributed by atoms with Crippen molar-refractivity contribution in [3.8, 4) is 6.07 Å². The van der Waals surface area contributed by atoms with E-state index in [2.05, 4.69) is 35.1 Å². The van der Waals surface area contributed by atoms with Crippen molar-refractivity contribution in [3.63, 3.8) is 0 Å². The Labute approximate surface area is 190 Å². The molecular weight excluding hydrogens is 404 g/mol. The first-order chi connectivity index (χ1) is 15.2. The molecule has 0 bridgehead atoms. The fourth-order valence-electron chi connectivity index (χ4n) is 3.66. The average Bonchev–Trinajstić information content (AvgIpc) is 2.72. The topological polar surface area (TPSA) is 94.4 Å². The molecule has 0 radical (unpaired) electrons. The van der Waals surface area contributed by atoms with Crippen LogP contribution in [0.3, 0.4) is 0 Å². The Morgan fingerprint density at radius 2 is 2.06 bits per heavy atom. The zero-order chi connectivity index (χ0) is 23.3. The molecule has 170 valence electrons. The van der Waals surface area contributed by atoms with E-state index in [9.17, 15) is 4.79 Å². The van der Waals surface area contributed by atoms with E-state index in [4.69, 9.17) is 15.0 Å². The highest BCUT2D eigenvalue weighted by Gasteiger charge is 2.30. The Morgan fingerprint density at radius 1 is 1.28 bits per heavy atom. The first-order valence-corrected chi connectivity index (χ1v) is 11.1. The minimum Gasteiger partial charge on any atom is -0.444 e. The Balaban J connectivity index is 1.79. The van der Waals surface area contributed by atoms with Crippen molar-refractivity contribution in [3.05, 3.63) is 41.6 Å². The van der Waals surface area contributed by atoms with Gasteiger partial charge in [0, 0.05) is 43.1 Å². The molecule has 2 aromatic rings. The molecule has 32 heavy (non-hydrogen) atoms. The number of aromatic nitrogens is 2. The van der Waals surface area contributed by atoms with Crippen molar-refractivity contribution in [2.75, 3.05) is 29.9 Å². The first-order valence-electron chi connectivity index (χ1n) is 11.1. The summed E-state index contributed by atoms with van der Waals surface area (Å²) in [4.78, 5) is 25.9. The summed E-state index contributed by atoms with van der Waals surface area (Å²) in [5.74, 6) is 1.33. The number of hydrogen-bond acceptors (Lipinski definition) is 7. The van der Waals surface area contributed by atoms with Gasteiger partial charge in [-0.1, -0.05) is 19.4 Å². The zero-order valence-corrected chi connectivity index (χ0v) is 19.6. The van der Waals surface area contributed by atoms with Gasteiger partial charge in [-0.05, 0) is 52.3 Å². The van der Waals surface area contributed by atoms with Crippen molar-refractivity contribution >= 4 is 23.5 Å².